The molecule has 0 aromatic heterocycles. The van der Waals surface area contributed by atoms with E-state index >= 15 is 0 Å². The van der Waals surface area contributed by atoms with Crippen molar-refractivity contribution in [2.45, 2.75) is 51.9 Å². The van der Waals surface area contributed by atoms with E-state index in [1.54, 1.807) is 0 Å². The SMILES string of the molecule is COC(=O)[C@]12CC[C@H]3[C@@H](C=C[C@@H]4CC(C#N)(C#N)CC[C@]43C)[C@@H]1CCC2=O. The minimum Gasteiger partial charge on any atom is -0.468 e. The Balaban J connectivity index is 1.71. The number of nitrogens with zero attached hydrogens (tertiary/aromatic N) is 2. The standard InChI is InChI=1S/C22H26N2O3/c1-20-9-10-21(12-23,13-24)11-14(20)3-4-15-16(20)7-8-22(19(26)27-2)17(15)5-6-18(22)25/h3-4,14-17H,5-11H2,1-2H3/t14-,15-,16+,17+,20-,22-/m1/s1. The highest BCUT2D eigenvalue weighted by molar-refractivity contribution is 6.06. The van der Waals surface area contributed by atoms with Crippen LogP contribution in [0.4, 0.5) is 0 Å². The van der Waals surface area contributed by atoms with Gasteiger partial charge in [-0.15, -0.1) is 0 Å². The summed E-state index contributed by atoms with van der Waals surface area (Å²) in [4.78, 5) is 25.4. The van der Waals surface area contributed by atoms with E-state index in [9.17, 15) is 20.1 Å². The average molecular weight is 366 g/mol. The maximum atomic E-state index is 12.7. The lowest BCUT2D eigenvalue weighted by atomic mass is 9.45. The number of allylic oxidation sites excluding steroid dienone is 2. The van der Waals surface area contributed by atoms with Crippen molar-refractivity contribution in [3.05, 3.63) is 12.2 Å². The number of carbonyl (C=O) groups is 2. The van der Waals surface area contributed by atoms with Crippen LogP contribution in [0.2, 0.25) is 0 Å². The van der Waals surface area contributed by atoms with E-state index in [2.05, 4.69) is 31.2 Å². The van der Waals surface area contributed by atoms with Crippen LogP contribution in [-0.4, -0.2) is 18.9 Å². The topological polar surface area (TPSA) is 90.9 Å². The van der Waals surface area contributed by atoms with Gasteiger partial charge in [0.05, 0.1) is 19.2 Å². The van der Waals surface area contributed by atoms with Crippen LogP contribution < -0.4 is 0 Å². The van der Waals surface area contributed by atoms with Crippen molar-refractivity contribution in [3.8, 4) is 12.1 Å². The van der Waals surface area contributed by atoms with Crippen molar-refractivity contribution < 1.29 is 14.3 Å². The summed E-state index contributed by atoms with van der Waals surface area (Å²) in [5.74, 6) is 0.498. The van der Waals surface area contributed by atoms with Gasteiger partial charge in [-0.3, -0.25) is 9.59 Å². The predicted octanol–water partition coefficient (Wildman–Crippen LogP) is 3.56. The molecule has 0 bridgehead atoms. The number of carbonyl (C=O) groups excluding carboxylic acids is 2. The molecule has 142 valence electrons. The van der Waals surface area contributed by atoms with Gasteiger partial charge in [0.25, 0.3) is 0 Å². The summed E-state index contributed by atoms with van der Waals surface area (Å²) in [7, 11) is 1.38. The molecule has 0 unspecified atom stereocenters. The lowest BCUT2D eigenvalue weighted by Gasteiger charge is -2.58. The van der Waals surface area contributed by atoms with E-state index < -0.39 is 10.8 Å². The number of methoxy groups -OCH3 is 1. The Morgan fingerprint density at radius 1 is 1.15 bits per heavy atom. The fourth-order valence-electron chi connectivity index (χ4n) is 6.87. The number of esters is 1. The zero-order chi connectivity index (χ0) is 19.4. The Labute approximate surface area is 160 Å². The second-order valence-electron chi connectivity index (χ2n) is 9.26. The number of rotatable bonds is 1. The summed E-state index contributed by atoms with van der Waals surface area (Å²) in [5.41, 5.74) is -1.82. The van der Waals surface area contributed by atoms with Crippen LogP contribution in [0.25, 0.3) is 0 Å². The third-order valence-corrected chi connectivity index (χ3v) is 8.49. The molecule has 0 saturated heterocycles. The second kappa shape index (κ2) is 5.93. The van der Waals surface area contributed by atoms with Crippen molar-refractivity contribution in [1.29, 1.82) is 10.5 Å². The quantitative estimate of drug-likeness (QED) is 0.402. The number of fused-ring (bicyclic) bond motifs is 5. The van der Waals surface area contributed by atoms with E-state index in [1.807, 2.05) is 0 Å². The molecule has 4 aliphatic carbocycles. The molecule has 0 amide bonds. The lowest BCUT2D eigenvalue weighted by Crippen LogP contribution is -2.55. The van der Waals surface area contributed by atoms with E-state index in [0.717, 1.165) is 19.3 Å². The van der Waals surface area contributed by atoms with Crippen molar-refractivity contribution >= 4 is 11.8 Å². The first-order valence-electron chi connectivity index (χ1n) is 9.99. The van der Waals surface area contributed by atoms with Crippen LogP contribution in [0.15, 0.2) is 12.2 Å². The summed E-state index contributed by atoms with van der Waals surface area (Å²) >= 11 is 0. The first-order chi connectivity index (χ1) is 12.9. The molecule has 0 aliphatic heterocycles. The van der Waals surface area contributed by atoms with E-state index in [0.29, 0.717) is 31.6 Å². The molecule has 4 rings (SSSR count). The van der Waals surface area contributed by atoms with Crippen LogP contribution in [0.1, 0.15) is 51.9 Å². The van der Waals surface area contributed by atoms with Gasteiger partial charge in [0, 0.05) is 6.42 Å². The van der Waals surface area contributed by atoms with Crippen molar-refractivity contribution in [3.63, 3.8) is 0 Å². The van der Waals surface area contributed by atoms with Crippen molar-refractivity contribution in [2.75, 3.05) is 7.11 Å². The third kappa shape index (κ3) is 2.21. The van der Waals surface area contributed by atoms with Crippen LogP contribution in [0, 0.1) is 62.6 Å². The Morgan fingerprint density at radius 3 is 2.56 bits per heavy atom. The highest BCUT2D eigenvalue weighted by Crippen LogP contribution is 2.65. The van der Waals surface area contributed by atoms with Crippen LogP contribution >= 0.6 is 0 Å². The minimum atomic E-state index is -0.957. The highest BCUT2D eigenvalue weighted by atomic mass is 16.5. The smallest absolute Gasteiger partial charge is 0.319 e. The first kappa shape index (κ1) is 18.2. The summed E-state index contributed by atoms with van der Waals surface area (Å²) in [6.07, 6.45) is 9.02. The predicted molar refractivity (Wildman–Crippen MR) is 96.6 cm³/mol. The Bertz CT molecular complexity index is 789. The molecule has 0 N–H and O–H groups in total. The zero-order valence-electron chi connectivity index (χ0n) is 16.0. The molecule has 0 heterocycles. The maximum absolute atomic E-state index is 12.7. The Kier molecular flexibility index (Phi) is 4.00. The highest BCUT2D eigenvalue weighted by Gasteiger charge is 2.65. The van der Waals surface area contributed by atoms with Gasteiger partial charge >= 0.3 is 5.97 Å². The molecule has 5 heteroatoms. The zero-order valence-corrected chi connectivity index (χ0v) is 16.0. The molecule has 27 heavy (non-hydrogen) atoms. The fraction of sp³-hybridized carbons (Fsp3) is 0.727. The molecule has 3 fully saturated rings. The fourth-order valence-corrected chi connectivity index (χ4v) is 6.87. The largest absolute Gasteiger partial charge is 0.468 e. The van der Waals surface area contributed by atoms with Gasteiger partial charge < -0.3 is 4.74 Å². The lowest BCUT2D eigenvalue weighted by molar-refractivity contribution is -0.167. The summed E-state index contributed by atoms with van der Waals surface area (Å²) in [6.45, 7) is 2.29. The summed E-state index contributed by atoms with van der Waals surface area (Å²) in [6, 6.07) is 4.52. The first-order valence-corrected chi connectivity index (χ1v) is 9.99. The molecular formula is C22H26N2O3. The molecule has 5 nitrogen and oxygen atoms in total. The molecule has 4 aliphatic rings. The third-order valence-electron chi connectivity index (χ3n) is 8.49. The molecule has 0 aromatic carbocycles. The number of hydrogen-bond donors (Lipinski definition) is 0. The number of ketones is 1. The molecule has 3 saturated carbocycles. The van der Waals surface area contributed by atoms with Crippen molar-refractivity contribution in [2.24, 2.45) is 39.9 Å². The average Bonchev–Trinajstić information content (AvgIpc) is 3.05. The number of nitriles is 2. The number of ether oxygens (including phenoxy) is 1. The molecular weight excluding hydrogens is 340 g/mol. The molecule has 0 radical (unpaired) electrons. The van der Waals surface area contributed by atoms with Gasteiger partial charge in [-0.25, -0.2) is 0 Å². The van der Waals surface area contributed by atoms with Crippen LogP contribution in [0.3, 0.4) is 0 Å². The Morgan fingerprint density at radius 2 is 1.89 bits per heavy atom. The van der Waals surface area contributed by atoms with Crippen LogP contribution in [0.5, 0.6) is 0 Å². The molecule has 0 spiro atoms. The van der Waals surface area contributed by atoms with Gasteiger partial charge in [-0.2, -0.15) is 10.5 Å². The maximum Gasteiger partial charge on any atom is 0.319 e. The monoisotopic (exact) mass is 366 g/mol. The van der Waals surface area contributed by atoms with Gasteiger partial charge in [0.15, 0.2) is 5.78 Å². The normalized spacial score (nSPS) is 44.2. The number of hydrogen-bond acceptors (Lipinski definition) is 5. The second-order valence-corrected chi connectivity index (χ2v) is 9.26. The molecule has 6 atom stereocenters. The van der Waals surface area contributed by atoms with Crippen LogP contribution in [-0.2, 0) is 14.3 Å². The van der Waals surface area contributed by atoms with E-state index in [4.69, 9.17) is 4.74 Å². The van der Waals surface area contributed by atoms with Gasteiger partial charge in [0.2, 0.25) is 0 Å². The van der Waals surface area contributed by atoms with Gasteiger partial charge in [0.1, 0.15) is 10.8 Å². The van der Waals surface area contributed by atoms with Gasteiger partial charge in [-0.1, -0.05) is 19.1 Å². The Hall–Kier alpha value is -2.14. The van der Waals surface area contributed by atoms with Gasteiger partial charge in [-0.05, 0) is 67.6 Å². The van der Waals surface area contributed by atoms with E-state index in [1.165, 1.54) is 7.11 Å². The summed E-state index contributed by atoms with van der Waals surface area (Å²) < 4.78 is 5.08. The molecule has 0 aromatic rings. The van der Waals surface area contributed by atoms with Crippen molar-refractivity contribution in [1.82, 2.24) is 0 Å². The minimum absolute atomic E-state index is 0.0174. The van der Waals surface area contributed by atoms with E-state index in [-0.39, 0.29) is 34.9 Å². The summed E-state index contributed by atoms with van der Waals surface area (Å²) in [5, 5.41) is 19.1. The number of Topliss-reactive ketones (excluding diaryl/α,β-unsaturated/α-hetero) is 1.